The second-order valence-corrected chi connectivity index (χ2v) is 7.96. The molecule has 0 aliphatic rings. The standard InChI is InChI=1S/C27H27N3O3/c1-18-6-4-5-7-24(18)25-13-12-22(16-23(25)17-32-3)27-29-26(30-33-27)21-10-8-20(9-11-21)19(2)28-14-15-31/h4-13,15-16,19,28H,14,17H2,1-3H3/t19-/m1/s1. The highest BCUT2D eigenvalue weighted by Gasteiger charge is 2.15. The van der Waals surface area contributed by atoms with Gasteiger partial charge in [-0.05, 0) is 53.8 Å². The van der Waals surface area contributed by atoms with Crippen molar-refractivity contribution < 1.29 is 14.1 Å². The molecule has 6 nitrogen and oxygen atoms in total. The van der Waals surface area contributed by atoms with E-state index < -0.39 is 0 Å². The van der Waals surface area contributed by atoms with Crippen LogP contribution in [0.5, 0.6) is 0 Å². The number of methoxy groups -OCH3 is 1. The first-order chi connectivity index (χ1) is 16.1. The second-order valence-electron chi connectivity index (χ2n) is 7.96. The van der Waals surface area contributed by atoms with Crippen molar-refractivity contribution in [1.29, 1.82) is 0 Å². The average molecular weight is 442 g/mol. The molecule has 1 N–H and O–H groups in total. The first-order valence-corrected chi connectivity index (χ1v) is 10.9. The Hall–Kier alpha value is -3.61. The number of hydrogen-bond donors (Lipinski definition) is 1. The lowest BCUT2D eigenvalue weighted by molar-refractivity contribution is -0.107. The predicted molar refractivity (Wildman–Crippen MR) is 129 cm³/mol. The number of benzene rings is 3. The summed E-state index contributed by atoms with van der Waals surface area (Å²) < 4.78 is 11.0. The Bertz CT molecular complexity index is 1230. The Morgan fingerprint density at radius 1 is 1.03 bits per heavy atom. The minimum absolute atomic E-state index is 0.0797. The maximum atomic E-state index is 10.6. The van der Waals surface area contributed by atoms with Gasteiger partial charge in [0.25, 0.3) is 5.89 Å². The predicted octanol–water partition coefficient (Wildman–Crippen LogP) is 5.37. The topological polar surface area (TPSA) is 77.2 Å². The highest BCUT2D eigenvalue weighted by Crippen LogP contribution is 2.31. The molecule has 0 unspecified atom stereocenters. The Kier molecular flexibility index (Phi) is 7.07. The van der Waals surface area contributed by atoms with E-state index in [1.54, 1.807) is 7.11 Å². The second kappa shape index (κ2) is 10.3. The van der Waals surface area contributed by atoms with E-state index in [1.807, 2.05) is 55.5 Å². The fourth-order valence-corrected chi connectivity index (χ4v) is 3.86. The van der Waals surface area contributed by atoms with Crippen molar-refractivity contribution in [2.24, 2.45) is 0 Å². The van der Waals surface area contributed by atoms with E-state index in [1.165, 1.54) is 11.1 Å². The van der Waals surface area contributed by atoms with Gasteiger partial charge in [0, 0.05) is 24.3 Å². The van der Waals surface area contributed by atoms with Gasteiger partial charge in [0.15, 0.2) is 0 Å². The summed E-state index contributed by atoms with van der Waals surface area (Å²) in [6, 6.07) is 22.4. The van der Waals surface area contributed by atoms with Crippen LogP contribution < -0.4 is 5.32 Å². The van der Waals surface area contributed by atoms with Crippen LogP contribution in [0.4, 0.5) is 0 Å². The summed E-state index contributed by atoms with van der Waals surface area (Å²) >= 11 is 0. The SMILES string of the molecule is COCc1cc(-c2nc(-c3ccc([C@@H](C)NCC=O)cc3)no2)ccc1-c1ccccc1C. The Morgan fingerprint density at radius 2 is 1.79 bits per heavy atom. The highest BCUT2D eigenvalue weighted by atomic mass is 16.5. The van der Waals surface area contributed by atoms with Gasteiger partial charge in [-0.1, -0.05) is 59.8 Å². The van der Waals surface area contributed by atoms with Crippen LogP contribution in [-0.2, 0) is 16.1 Å². The van der Waals surface area contributed by atoms with E-state index in [9.17, 15) is 4.79 Å². The van der Waals surface area contributed by atoms with Crippen LogP contribution in [0, 0.1) is 6.92 Å². The van der Waals surface area contributed by atoms with Gasteiger partial charge in [0.2, 0.25) is 5.82 Å². The number of rotatable bonds is 9. The zero-order chi connectivity index (χ0) is 23.2. The zero-order valence-corrected chi connectivity index (χ0v) is 19.0. The summed E-state index contributed by atoms with van der Waals surface area (Å²) in [4.78, 5) is 15.2. The molecule has 0 bridgehead atoms. The van der Waals surface area contributed by atoms with E-state index in [-0.39, 0.29) is 6.04 Å². The summed E-state index contributed by atoms with van der Waals surface area (Å²) in [6.07, 6.45) is 0.858. The van der Waals surface area contributed by atoms with Crippen LogP contribution in [0.15, 0.2) is 71.3 Å². The molecule has 1 aromatic heterocycles. The smallest absolute Gasteiger partial charge is 0.258 e. The lowest BCUT2D eigenvalue weighted by Crippen LogP contribution is -2.20. The molecule has 33 heavy (non-hydrogen) atoms. The van der Waals surface area contributed by atoms with E-state index in [4.69, 9.17) is 9.26 Å². The Morgan fingerprint density at radius 3 is 2.52 bits per heavy atom. The van der Waals surface area contributed by atoms with E-state index in [2.05, 4.69) is 40.6 Å². The van der Waals surface area contributed by atoms with Gasteiger partial charge < -0.3 is 19.4 Å². The van der Waals surface area contributed by atoms with Crippen LogP contribution in [-0.4, -0.2) is 30.1 Å². The molecule has 0 aliphatic heterocycles. The molecule has 6 heteroatoms. The minimum atomic E-state index is 0.0797. The molecule has 1 atom stereocenters. The Labute approximate surface area is 193 Å². The number of nitrogens with zero attached hydrogens (tertiary/aromatic N) is 2. The number of aryl methyl sites for hydroxylation is 1. The largest absolute Gasteiger partial charge is 0.380 e. The van der Waals surface area contributed by atoms with Crippen molar-refractivity contribution in [2.75, 3.05) is 13.7 Å². The molecule has 3 aromatic carbocycles. The third-order valence-corrected chi connectivity index (χ3v) is 5.69. The lowest BCUT2D eigenvalue weighted by Gasteiger charge is -2.12. The molecule has 4 aromatic rings. The summed E-state index contributed by atoms with van der Waals surface area (Å²) in [6.45, 7) is 4.93. The quantitative estimate of drug-likeness (QED) is 0.352. The van der Waals surface area contributed by atoms with Crippen molar-refractivity contribution in [3.05, 3.63) is 83.4 Å². The van der Waals surface area contributed by atoms with Gasteiger partial charge in [-0.2, -0.15) is 4.98 Å². The summed E-state index contributed by atoms with van der Waals surface area (Å²) in [7, 11) is 1.69. The van der Waals surface area contributed by atoms with Gasteiger partial charge in [-0.15, -0.1) is 0 Å². The van der Waals surface area contributed by atoms with Crippen LogP contribution >= 0.6 is 0 Å². The number of carbonyl (C=O) groups is 1. The summed E-state index contributed by atoms with van der Waals surface area (Å²) in [5.74, 6) is 0.991. The van der Waals surface area contributed by atoms with Crippen molar-refractivity contribution in [1.82, 2.24) is 15.5 Å². The third-order valence-electron chi connectivity index (χ3n) is 5.69. The third kappa shape index (κ3) is 5.08. The molecule has 0 fully saturated rings. The molecule has 0 aliphatic carbocycles. The fraction of sp³-hybridized carbons (Fsp3) is 0.222. The van der Waals surface area contributed by atoms with E-state index >= 15 is 0 Å². The molecule has 0 saturated heterocycles. The molecule has 168 valence electrons. The summed E-state index contributed by atoms with van der Waals surface area (Å²) in [5, 5.41) is 7.32. The van der Waals surface area contributed by atoms with E-state index in [0.717, 1.165) is 34.1 Å². The number of aromatic nitrogens is 2. The molecular weight excluding hydrogens is 414 g/mol. The maximum Gasteiger partial charge on any atom is 0.258 e. The molecule has 1 heterocycles. The lowest BCUT2D eigenvalue weighted by atomic mass is 9.94. The molecule has 4 rings (SSSR count). The highest BCUT2D eigenvalue weighted by molar-refractivity contribution is 5.74. The van der Waals surface area contributed by atoms with Gasteiger partial charge in [0.05, 0.1) is 13.2 Å². The van der Waals surface area contributed by atoms with Crippen LogP contribution in [0.2, 0.25) is 0 Å². The first kappa shape index (κ1) is 22.6. The number of carbonyl (C=O) groups excluding carboxylic acids is 1. The van der Waals surface area contributed by atoms with Gasteiger partial charge in [-0.25, -0.2) is 0 Å². The number of ether oxygens (including phenoxy) is 1. The molecule has 0 amide bonds. The zero-order valence-electron chi connectivity index (χ0n) is 19.0. The molecule has 0 spiro atoms. The maximum absolute atomic E-state index is 10.6. The fourth-order valence-electron chi connectivity index (χ4n) is 3.86. The van der Waals surface area contributed by atoms with Crippen molar-refractivity contribution in [3.8, 4) is 34.0 Å². The van der Waals surface area contributed by atoms with Crippen molar-refractivity contribution >= 4 is 6.29 Å². The normalized spacial score (nSPS) is 12.0. The molecular formula is C27H27N3O3. The minimum Gasteiger partial charge on any atom is -0.380 e. The van der Waals surface area contributed by atoms with Gasteiger partial charge in [-0.3, -0.25) is 0 Å². The van der Waals surface area contributed by atoms with Crippen LogP contribution in [0.3, 0.4) is 0 Å². The first-order valence-electron chi connectivity index (χ1n) is 10.9. The average Bonchev–Trinajstić information content (AvgIpc) is 3.34. The summed E-state index contributed by atoms with van der Waals surface area (Å²) in [5.41, 5.74) is 7.38. The van der Waals surface area contributed by atoms with Crippen molar-refractivity contribution in [3.63, 3.8) is 0 Å². The number of nitrogens with one attached hydrogen (secondary N) is 1. The molecule has 0 saturated carbocycles. The number of hydrogen-bond acceptors (Lipinski definition) is 6. The van der Waals surface area contributed by atoms with Gasteiger partial charge >= 0.3 is 0 Å². The van der Waals surface area contributed by atoms with Crippen LogP contribution in [0.1, 0.15) is 29.7 Å². The van der Waals surface area contributed by atoms with Crippen LogP contribution in [0.25, 0.3) is 34.0 Å². The van der Waals surface area contributed by atoms with E-state index in [0.29, 0.717) is 24.9 Å². The molecule has 0 radical (unpaired) electrons. The van der Waals surface area contributed by atoms with Crippen molar-refractivity contribution in [2.45, 2.75) is 26.5 Å². The van der Waals surface area contributed by atoms with Gasteiger partial charge in [0.1, 0.15) is 6.29 Å². The monoisotopic (exact) mass is 441 g/mol. The Balaban J connectivity index is 1.60. The number of aldehydes is 1.